The minimum absolute atomic E-state index is 0.0109. The molecule has 5 aromatic rings. The summed E-state index contributed by atoms with van der Waals surface area (Å²) in [4.78, 5) is 13.3. The normalized spacial score (nSPS) is 11.1. The maximum absolute atomic E-state index is 13.3. The first-order valence-corrected chi connectivity index (χ1v) is 9.01. The van der Waals surface area contributed by atoms with Crippen molar-refractivity contribution in [2.45, 2.75) is 0 Å². The Morgan fingerprint density at radius 2 is 1.15 bits per heavy atom. The predicted molar refractivity (Wildman–Crippen MR) is 112 cm³/mol. The van der Waals surface area contributed by atoms with Crippen molar-refractivity contribution in [2.75, 3.05) is 0 Å². The van der Waals surface area contributed by atoms with Crippen LogP contribution in [0.5, 0.6) is 0 Å². The number of para-hydroxylation sites is 1. The number of rotatable bonds is 2. The molecule has 0 N–H and O–H groups in total. The van der Waals surface area contributed by atoms with Gasteiger partial charge in [0.15, 0.2) is 0 Å². The first kappa shape index (κ1) is 15.6. The summed E-state index contributed by atoms with van der Waals surface area (Å²) in [6, 6.07) is 34.3. The summed E-state index contributed by atoms with van der Waals surface area (Å²) in [7, 11) is 0. The maximum Gasteiger partial charge on any atom is 0.263 e. The van der Waals surface area contributed by atoms with Gasteiger partial charge < -0.3 is 0 Å². The highest BCUT2D eigenvalue weighted by Crippen LogP contribution is 2.29. The van der Waals surface area contributed by atoms with Gasteiger partial charge in [0.05, 0.1) is 5.52 Å². The van der Waals surface area contributed by atoms with E-state index >= 15 is 0 Å². The van der Waals surface area contributed by atoms with Crippen molar-refractivity contribution in [3.05, 3.63) is 113 Å². The lowest BCUT2D eigenvalue weighted by molar-refractivity contribution is 1.06. The standard InChI is InChI=1S/C25H17NO/c27-25-22-14-8-7-13-21(22)23-17-19(18-9-3-1-4-10-18)15-16-24(23)26(25)20-11-5-2-6-12-20/h1-17H. The van der Waals surface area contributed by atoms with Crippen LogP contribution in [0.3, 0.4) is 0 Å². The number of aromatic nitrogens is 1. The monoisotopic (exact) mass is 347 g/mol. The summed E-state index contributed by atoms with van der Waals surface area (Å²) < 4.78 is 1.81. The molecule has 0 bridgehead atoms. The molecule has 0 aliphatic rings. The first-order valence-electron chi connectivity index (χ1n) is 9.01. The summed E-state index contributed by atoms with van der Waals surface area (Å²) in [5.74, 6) is 0. The van der Waals surface area contributed by atoms with Crippen LogP contribution in [0.4, 0.5) is 0 Å². The summed E-state index contributed by atoms with van der Waals surface area (Å²) in [6.07, 6.45) is 0. The van der Waals surface area contributed by atoms with E-state index in [1.165, 1.54) is 5.56 Å². The third-order valence-electron chi connectivity index (χ3n) is 5.01. The van der Waals surface area contributed by atoms with E-state index in [1.807, 2.05) is 77.4 Å². The summed E-state index contributed by atoms with van der Waals surface area (Å²) in [5.41, 5.74) is 4.12. The second kappa shape index (κ2) is 6.26. The van der Waals surface area contributed by atoms with Crippen LogP contribution in [0.15, 0.2) is 108 Å². The van der Waals surface area contributed by atoms with Crippen LogP contribution in [-0.4, -0.2) is 4.57 Å². The summed E-state index contributed by atoms with van der Waals surface area (Å²) >= 11 is 0. The molecule has 0 spiro atoms. The van der Waals surface area contributed by atoms with E-state index in [4.69, 9.17) is 0 Å². The van der Waals surface area contributed by atoms with E-state index in [0.717, 1.165) is 32.9 Å². The molecule has 0 saturated heterocycles. The van der Waals surface area contributed by atoms with Crippen LogP contribution >= 0.6 is 0 Å². The Kier molecular flexibility index (Phi) is 3.61. The van der Waals surface area contributed by atoms with Gasteiger partial charge in [-0.15, -0.1) is 0 Å². The fourth-order valence-corrected chi connectivity index (χ4v) is 3.72. The van der Waals surface area contributed by atoms with Crippen LogP contribution in [0, 0.1) is 0 Å². The smallest absolute Gasteiger partial charge is 0.263 e. The minimum atomic E-state index is 0.0109. The van der Waals surface area contributed by atoms with Gasteiger partial charge in [0, 0.05) is 16.5 Å². The molecule has 0 radical (unpaired) electrons. The number of hydrogen-bond donors (Lipinski definition) is 0. The number of pyridine rings is 1. The molecule has 0 saturated carbocycles. The number of fused-ring (bicyclic) bond motifs is 3. The molecule has 0 unspecified atom stereocenters. The quantitative estimate of drug-likeness (QED) is 0.369. The molecule has 0 aliphatic heterocycles. The maximum atomic E-state index is 13.3. The van der Waals surface area contributed by atoms with Gasteiger partial charge in [0.2, 0.25) is 0 Å². The van der Waals surface area contributed by atoms with Gasteiger partial charge in [-0.2, -0.15) is 0 Å². The highest BCUT2D eigenvalue weighted by atomic mass is 16.1. The minimum Gasteiger partial charge on any atom is -0.276 e. The number of nitrogens with zero attached hydrogens (tertiary/aromatic N) is 1. The van der Waals surface area contributed by atoms with Gasteiger partial charge >= 0.3 is 0 Å². The molecule has 0 aliphatic carbocycles. The molecule has 0 fully saturated rings. The topological polar surface area (TPSA) is 22.0 Å². The van der Waals surface area contributed by atoms with E-state index < -0.39 is 0 Å². The average molecular weight is 347 g/mol. The van der Waals surface area contributed by atoms with Crippen molar-refractivity contribution in [3.63, 3.8) is 0 Å². The molecule has 128 valence electrons. The molecule has 5 rings (SSSR count). The lowest BCUT2D eigenvalue weighted by atomic mass is 9.99. The zero-order chi connectivity index (χ0) is 18.2. The van der Waals surface area contributed by atoms with E-state index in [1.54, 1.807) is 0 Å². The zero-order valence-electron chi connectivity index (χ0n) is 14.7. The SMILES string of the molecule is O=c1c2ccccc2c2cc(-c3ccccc3)ccc2n1-c1ccccc1. The highest BCUT2D eigenvalue weighted by Gasteiger charge is 2.12. The van der Waals surface area contributed by atoms with Crippen molar-refractivity contribution in [3.8, 4) is 16.8 Å². The first-order chi connectivity index (χ1) is 13.3. The van der Waals surface area contributed by atoms with E-state index in [2.05, 4.69) is 30.3 Å². The number of hydrogen-bond acceptors (Lipinski definition) is 1. The van der Waals surface area contributed by atoms with Gasteiger partial charge in [-0.25, -0.2) is 0 Å². The van der Waals surface area contributed by atoms with Crippen LogP contribution in [0.1, 0.15) is 0 Å². The average Bonchev–Trinajstić information content (AvgIpc) is 2.75. The second-order valence-electron chi connectivity index (χ2n) is 6.62. The van der Waals surface area contributed by atoms with Gasteiger partial charge in [0.25, 0.3) is 5.56 Å². The van der Waals surface area contributed by atoms with Crippen molar-refractivity contribution in [1.29, 1.82) is 0 Å². The third kappa shape index (κ3) is 2.54. The molecular formula is C25H17NO. The Labute approximate surface area is 157 Å². The fraction of sp³-hybridized carbons (Fsp3) is 0. The van der Waals surface area contributed by atoms with Crippen molar-refractivity contribution < 1.29 is 0 Å². The zero-order valence-corrected chi connectivity index (χ0v) is 14.7. The van der Waals surface area contributed by atoms with Crippen molar-refractivity contribution in [1.82, 2.24) is 4.57 Å². The lowest BCUT2D eigenvalue weighted by Crippen LogP contribution is -2.19. The van der Waals surface area contributed by atoms with Gasteiger partial charge in [0.1, 0.15) is 0 Å². The largest absolute Gasteiger partial charge is 0.276 e. The Morgan fingerprint density at radius 1 is 0.519 bits per heavy atom. The van der Waals surface area contributed by atoms with Crippen LogP contribution < -0.4 is 5.56 Å². The van der Waals surface area contributed by atoms with Crippen LogP contribution in [0.25, 0.3) is 38.5 Å². The Bertz CT molecular complexity index is 1320. The van der Waals surface area contributed by atoms with Crippen LogP contribution in [0.2, 0.25) is 0 Å². The number of benzene rings is 4. The Balaban J connectivity index is 1.93. The lowest BCUT2D eigenvalue weighted by Gasteiger charge is -2.14. The third-order valence-corrected chi connectivity index (χ3v) is 5.01. The molecule has 0 amide bonds. The summed E-state index contributed by atoms with van der Waals surface area (Å²) in [6.45, 7) is 0. The molecule has 2 nitrogen and oxygen atoms in total. The fourth-order valence-electron chi connectivity index (χ4n) is 3.72. The van der Waals surface area contributed by atoms with E-state index in [0.29, 0.717) is 0 Å². The Morgan fingerprint density at radius 3 is 1.89 bits per heavy atom. The highest BCUT2D eigenvalue weighted by molar-refractivity contribution is 6.07. The summed E-state index contributed by atoms with van der Waals surface area (Å²) in [5, 5.41) is 2.80. The molecule has 4 aromatic carbocycles. The second-order valence-corrected chi connectivity index (χ2v) is 6.62. The van der Waals surface area contributed by atoms with E-state index in [9.17, 15) is 4.79 Å². The van der Waals surface area contributed by atoms with Gasteiger partial charge in [-0.3, -0.25) is 9.36 Å². The van der Waals surface area contributed by atoms with E-state index in [-0.39, 0.29) is 5.56 Å². The molecule has 1 aromatic heterocycles. The van der Waals surface area contributed by atoms with Gasteiger partial charge in [-0.05, 0) is 46.8 Å². The van der Waals surface area contributed by atoms with Crippen molar-refractivity contribution >= 4 is 21.7 Å². The molecule has 0 atom stereocenters. The predicted octanol–water partition coefficient (Wildman–Crippen LogP) is 5.81. The molecular weight excluding hydrogens is 330 g/mol. The molecule has 27 heavy (non-hydrogen) atoms. The van der Waals surface area contributed by atoms with Crippen molar-refractivity contribution in [2.24, 2.45) is 0 Å². The van der Waals surface area contributed by atoms with Gasteiger partial charge in [-0.1, -0.05) is 72.8 Å². The Hall–Kier alpha value is -3.65. The molecule has 1 heterocycles. The van der Waals surface area contributed by atoms with Crippen LogP contribution in [-0.2, 0) is 0 Å². The molecule has 2 heteroatoms.